The third-order valence-corrected chi connectivity index (χ3v) is 1.45. The monoisotopic (exact) mass is 156 g/mol. The standard InChI is InChI=1S/C10H8N2/c11-7-5-9-1-2-10(4-3-9)6-8-12/h1-4H,5,12H2. The zero-order valence-corrected chi connectivity index (χ0v) is 6.54. The van der Waals surface area contributed by atoms with Crippen molar-refractivity contribution in [3.05, 3.63) is 35.4 Å². The highest BCUT2D eigenvalue weighted by molar-refractivity contribution is 5.36. The topological polar surface area (TPSA) is 49.8 Å². The molecule has 0 aromatic heterocycles. The minimum atomic E-state index is 0.441. The van der Waals surface area contributed by atoms with Crippen LogP contribution >= 0.6 is 0 Å². The Morgan fingerprint density at radius 3 is 2.42 bits per heavy atom. The van der Waals surface area contributed by atoms with Crippen LogP contribution < -0.4 is 5.73 Å². The van der Waals surface area contributed by atoms with Crippen molar-refractivity contribution in [2.45, 2.75) is 6.42 Å². The van der Waals surface area contributed by atoms with Crippen molar-refractivity contribution >= 4 is 0 Å². The predicted molar refractivity (Wildman–Crippen MR) is 46.8 cm³/mol. The SMILES string of the molecule is N#CCc1ccc(C#CN)cc1. The second kappa shape index (κ2) is 4.05. The van der Waals surface area contributed by atoms with E-state index in [1.165, 1.54) is 0 Å². The van der Waals surface area contributed by atoms with E-state index in [9.17, 15) is 0 Å². The van der Waals surface area contributed by atoms with Crippen LogP contribution in [0.4, 0.5) is 0 Å². The average Bonchev–Trinajstić information content (AvgIpc) is 2.09. The third-order valence-electron chi connectivity index (χ3n) is 1.45. The van der Waals surface area contributed by atoms with E-state index < -0.39 is 0 Å². The largest absolute Gasteiger partial charge is 0.359 e. The minimum absolute atomic E-state index is 0.441. The van der Waals surface area contributed by atoms with Crippen LogP contribution in [-0.2, 0) is 6.42 Å². The summed E-state index contributed by atoms with van der Waals surface area (Å²) < 4.78 is 0. The minimum Gasteiger partial charge on any atom is -0.359 e. The summed E-state index contributed by atoms with van der Waals surface area (Å²) in [6.07, 6.45) is 0.441. The lowest BCUT2D eigenvalue weighted by Crippen LogP contribution is -1.83. The molecule has 0 aliphatic rings. The van der Waals surface area contributed by atoms with Gasteiger partial charge in [-0.05, 0) is 23.6 Å². The summed E-state index contributed by atoms with van der Waals surface area (Å²) in [5.41, 5.74) is 6.92. The van der Waals surface area contributed by atoms with Crippen molar-refractivity contribution < 1.29 is 0 Å². The maximum atomic E-state index is 8.39. The van der Waals surface area contributed by atoms with E-state index in [4.69, 9.17) is 11.0 Å². The molecule has 2 nitrogen and oxygen atoms in total. The highest BCUT2D eigenvalue weighted by atomic mass is 14.5. The van der Waals surface area contributed by atoms with Gasteiger partial charge in [0.1, 0.15) is 0 Å². The summed E-state index contributed by atoms with van der Waals surface area (Å²) in [6.45, 7) is 0. The molecule has 0 spiro atoms. The fraction of sp³-hybridized carbons (Fsp3) is 0.100. The lowest BCUT2D eigenvalue weighted by atomic mass is 10.1. The van der Waals surface area contributed by atoms with Crippen LogP contribution in [0.5, 0.6) is 0 Å². The van der Waals surface area contributed by atoms with Gasteiger partial charge >= 0.3 is 0 Å². The molecule has 0 aliphatic carbocycles. The van der Waals surface area contributed by atoms with Gasteiger partial charge in [-0.1, -0.05) is 12.1 Å². The molecule has 0 amide bonds. The van der Waals surface area contributed by atoms with Crippen molar-refractivity contribution in [1.29, 1.82) is 5.26 Å². The number of benzene rings is 1. The highest BCUT2D eigenvalue weighted by Crippen LogP contribution is 2.02. The van der Waals surface area contributed by atoms with Crippen molar-refractivity contribution in [1.82, 2.24) is 0 Å². The Morgan fingerprint density at radius 1 is 1.25 bits per heavy atom. The first kappa shape index (κ1) is 8.17. The van der Waals surface area contributed by atoms with E-state index in [-0.39, 0.29) is 0 Å². The molecule has 0 heterocycles. The molecular weight excluding hydrogens is 148 g/mol. The van der Waals surface area contributed by atoms with Crippen LogP contribution in [-0.4, -0.2) is 0 Å². The molecule has 0 atom stereocenters. The zero-order valence-electron chi connectivity index (χ0n) is 6.54. The number of nitriles is 1. The number of nitrogens with two attached hydrogens (primary N) is 1. The van der Waals surface area contributed by atoms with E-state index in [0.29, 0.717) is 6.42 Å². The molecule has 0 aliphatic heterocycles. The van der Waals surface area contributed by atoms with Crippen molar-refractivity contribution in [3.63, 3.8) is 0 Å². The first-order valence-electron chi connectivity index (χ1n) is 3.54. The molecule has 2 N–H and O–H groups in total. The van der Waals surface area contributed by atoms with Gasteiger partial charge in [-0.25, -0.2) is 0 Å². The fourth-order valence-electron chi connectivity index (χ4n) is 0.881. The first-order chi connectivity index (χ1) is 5.86. The molecule has 0 fully saturated rings. The Hall–Kier alpha value is -1.93. The summed E-state index contributed by atoms with van der Waals surface area (Å²) in [5.74, 6) is 2.72. The quantitative estimate of drug-likeness (QED) is 0.487. The fourth-order valence-corrected chi connectivity index (χ4v) is 0.881. The maximum Gasteiger partial charge on any atom is 0.0669 e. The smallest absolute Gasteiger partial charge is 0.0669 e. The Bertz CT molecular complexity index is 346. The van der Waals surface area contributed by atoms with Crippen molar-refractivity contribution in [2.24, 2.45) is 5.73 Å². The van der Waals surface area contributed by atoms with Gasteiger partial charge in [0, 0.05) is 11.6 Å². The average molecular weight is 156 g/mol. The van der Waals surface area contributed by atoms with Crippen LogP contribution in [0, 0.1) is 23.3 Å². The Balaban J connectivity index is 2.84. The molecular formula is C10H8N2. The predicted octanol–water partition coefficient (Wildman–Crippen LogP) is 1.02. The number of rotatable bonds is 1. The lowest BCUT2D eigenvalue weighted by Gasteiger charge is -1.93. The van der Waals surface area contributed by atoms with Crippen LogP contribution in [0.25, 0.3) is 0 Å². The summed E-state index contributed by atoms with van der Waals surface area (Å²) in [7, 11) is 0. The van der Waals surface area contributed by atoms with E-state index in [1.807, 2.05) is 24.3 Å². The summed E-state index contributed by atoms with van der Waals surface area (Å²) in [5, 5.41) is 8.39. The summed E-state index contributed by atoms with van der Waals surface area (Å²) in [4.78, 5) is 0. The molecule has 0 radical (unpaired) electrons. The van der Waals surface area contributed by atoms with Gasteiger partial charge in [0.05, 0.1) is 12.5 Å². The van der Waals surface area contributed by atoms with Crippen molar-refractivity contribution in [3.8, 4) is 18.0 Å². The van der Waals surface area contributed by atoms with E-state index >= 15 is 0 Å². The van der Waals surface area contributed by atoms with Crippen LogP contribution in [0.3, 0.4) is 0 Å². The molecule has 58 valence electrons. The second-order valence-corrected chi connectivity index (χ2v) is 2.30. The van der Waals surface area contributed by atoms with Crippen molar-refractivity contribution in [2.75, 3.05) is 0 Å². The molecule has 1 aromatic carbocycles. The van der Waals surface area contributed by atoms with Gasteiger partial charge in [-0.15, -0.1) is 0 Å². The highest BCUT2D eigenvalue weighted by Gasteiger charge is 1.90. The van der Waals surface area contributed by atoms with Gasteiger partial charge in [-0.3, -0.25) is 0 Å². The van der Waals surface area contributed by atoms with Gasteiger partial charge in [-0.2, -0.15) is 5.26 Å². The van der Waals surface area contributed by atoms with Crippen LogP contribution in [0.15, 0.2) is 24.3 Å². The molecule has 12 heavy (non-hydrogen) atoms. The molecule has 2 heteroatoms. The summed E-state index contributed by atoms with van der Waals surface area (Å²) >= 11 is 0. The Labute approximate surface area is 71.6 Å². The van der Waals surface area contributed by atoms with Gasteiger partial charge in [0.2, 0.25) is 0 Å². The van der Waals surface area contributed by atoms with Crippen LogP contribution in [0.1, 0.15) is 11.1 Å². The van der Waals surface area contributed by atoms with E-state index in [1.54, 1.807) is 0 Å². The number of hydrogen-bond acceptors (Lipinski definition) is 2. The van der Waals surface area contributed by atoms with E-state index in [0.717, 1.165) is 11.1 Å². The van der Waals surface area contributed by atoms with Gasteiger partial charge in [0.25, 0.3) is 0 Å². The molecule has 1 aromatic rings. The number of nitrogens with zero attached hydrogens (tertiary/aromatic N) is 1. The van der Waals surface area contributed by atoms with E-state index in [2.05, 4.69) is 18.0 Å². The Kier molecular flexibility index (Phi) is 2.76. The summed E-state index contributed by atoms with van der Waals surface area (Å²) in [6, 6.07) is 11.9. The molecule has 0 saturated heterocycles. The molecule has 0 unspecified atom stereocenters. The normalized spacial score (nSPS) is 7.92. The second-order valence-electron chi connectivity index (χ2n) is 2.30. The Morgan fingerprint density at radius 2 is 1.92 bits per heavy atom. The van der Waals surface area contributed by atoms with Gasteiger partial charge < -0.3 is 5.73 Å². The molecule has 0 bridgehead atoms. The molecule has 1 rings (SSSR count). The van der Waals surface area contributed by atoms with Gasteiger partial charge in [0.15, 0.2) is 0 Å². The lowest BCUT2D eigenvalue weighted by molar-refractivity contribution is 1.26. The maximum absolute atomic E-state index is 8.39. The third kappa shape index (κ3) is 2.04. The number of hydrogen-bond donors (Lipinski definition) is 1. The zero-order chi connectivity index (χ0) is 8.81. The first-order valence-corrected chi connectivity index (χ1v) is 3.54. The molecule has 0 saturated carbocycles. The van der Waals surface area contributed by atoms with Crippen LogP contribution in [0.2, 0.25) is 0 Å².